The van der Waals surface area contributed by atoms with Crippen molar-refractivity contribution in [2.75, 3.05) is 19.8 Å². The van der Waals surface area contributed by atoms with Gasteiger partial charge in [-0.15, -0.1) is 0 Å². The van der Waals surface area contributed by atoms with E-state index < -0.39 is 0 Å². The summed E-state index contributed by atoms with van der Waals surface area (Å²) >= 11 is 0. The Balaban J connectivity index is 1.75. The van der Waals surface area contributed by atoms with Gasteiger partial charge < -0.3 is 5.11 Å². The maximum Gasteiger partial charge on any atom is 0.115 e. The highest BCUT2D eigenvalue weighted by molar-refractivity contribution is 5.45. The molecule has 3 atom stereocenters. The van der Waals surface area contributed by atoms with E-state index in [0.29, 0.717) is 24.1 Å². The van der Waals surface area contributed by atoms with Crippen LogP contribution in [-0.4, -0.2) is 35.8 Å². The molecular formula is C19H26FNO. The molecule has 0 radical (unpaired) electrons. The number of halogens is 1. The first-order valence-corrected chi connectivity index (χ1v) is 8.87. The molecule has 2 aliphatic carbocycles. The topological polar surface area (TPSA) is 23.5 Å². The van der Waals surface area contributed by atoms with Gasteiger partial charge in [-0.1, -0.05) is 18.9 Å². The number of fused-ring (bicyclic) bond motifs is 1. The molecule has 2 fully saturated rings. The molecular weight excluding hydrogens is 277 g/mol. The number of likely N-dealkylation sites (tertiary alicyclic amines) is 1. The lowest BCUT2D eigenvalue weighted by molar-refractivity contribution is -0.0123. The van der Waals surface area contributed by atoms with Crippen LogP contribution in [0.1, 0.15) is 49.7 Å². The standard InChI is InChI=1S/C19H26FNO/c20-9-3-10-21-11-8-19-7-2-1-4-16(19)18(21)12-14-5-6-15(22)13-17(14)19/h5-6,13,16,18,22H,1-4,7-12H2/t16-,18-,19?/m0/s1. The molecule has 1 aliphatic heterocycles. The van der Waals surface area contributed by atoms with Crippen molar-refractivity contribution in [2.24, 2.45) is 5.92 Å². The van der Waals surface area contributed by atoms with Crippen LogP contribution in [0, 0.1) is 5.92 Å². The molecule has 1 N–H and O–H groups in total. The van der Waals surface area contributed by atoms with Crippen molar-refractivity contribution in [3.63, 3.8) is 0 Å². The Morgan fingerprint density at radius 3 is 3.05 bits per heavy atom. The Kier molecular flexibility index (Phi) is 3.64. The number of piperidine rings is 1. The van der Waals surface area contributed by atoms with Gasteiger partial charge in [-0.2, -0.15) is 0 Å². The minimum absolute atomic E-state index is 0.205. The molecule has 2 nitrogen and oxygen atoms in total. The number of phenols is 1. The summed E-state index contributed by atoms with van der Waals surface area (Å²) < 4.78 is 12.6. The number of aromatic hydroxyl groups is 1. The second-order valence-corrected chi connectivity index (χ2v) is 7.45. The van der Waals surface area contributed by atoms with Crippen molar-refractivity contribution in [3.8, 4) is 5.75 Å². The Morgan fingerprint density at radius 1 is 1.27 bits per heavy atom. The van der Waals surface area contributed by atoms with Gasteiger partial charge in [0, 0.05) is 18.0 Å². The lowest BCUT2D eigenvalue weighted by Gasteiger charge is -2.59. The molecule has 1 unspecified atom stereocenters. The largest absolute Gasteiger partial charge is 0.508 e. The summed E-state index contributed by atoms with van der Waals surface area (Å²) in [5.41, 5.74) is 3.13. The van der Waals surface area contributed by atoms with E-state index in [9.17, 15) is 9.50 Å². The van der Waals surface area contributed by atoms with Gasteiger partial charge in [-0.3, -0.25) is 9.29 Å². The highest BCUT2D eigenvalue weighted by atomic mass is 19.1. The first-order chi connectivity index (χ1) is 10.7. The second kappa shape index (κ2) is 5.52. The molecule has 0 spiro atoms. The molecule has 0 aromatic heterocycles. The van der Waals surface area contributed by atoms with Crippen LogP contribution in [0.4, 0.5) is 4.39 Å². The van der Waals surface area contributed by atoms with Crippen molar-refractivity contribution >= 4 is 0 Å². The summed E-state index contributed by atoms with van der Waals surface area (Å²) in [6.07, 6.45) is 8.12. The molecule has 120 valence electrons. The van der Waals surface area contributed by atoms with E-state index in [4.69, 9.17) is 0 Å². The molecule has 4 rings (SSSR count). The lowest BCUT2D eigenvalue weighted by Crippen LogP contribution is -2.61. The SMILES string of the molecule is Oc1ccc2c(c1)C13CCCC[C@H]1[C@H](C2)N(CCCF)CC3. The van der Waals surface area contributed by atoms with Gasteiger partial charge in [0.05, 0.1) is 6.67 Å². The Labute approximate surface area is 132 Å². The van der Waals surface area contributed by atoms with Crippen molar-refractivity contribution in [1.82, 2.24) is 4.90 Å². The monoisotopic (exact) mass is 303 g/mol. The summed E-state index contributed by atoms with van der Waals surface area (Å²) in [4.78, 5) is 2.56. The molecule has 1 aromatic rings. The summed E-state index contributed by atoms with van der Waals surface area (Å²) in [6.45, 7) is 1.79. The van der Waals surface area contributed by atoms with Crippen LogP contribution in [0.3, 0.4) is 0 Å². The zero-order valence-corrected chi connectivity index (χ0v) is 13.2. The molecule has 22 heavy (non-hydrogen) atoms. The summed E-state index contributed by atoms with van der Waals surface area (Å²) in [7, 11) is 0. The van der Waals surface area contributed by atoms with Gasteiger partial charge in [-0.25, -0.2) is 0 Å². The Hall–Kier alpha value is -1.09. The zero-order valence-electron chi connectivity index (χ0n) is 13.2. The van der Waals surface area contributed by atoms with Gasteiger partial charge in [0.25, 0.3) is 0 Å². The Bertz CT molecular complexity index is 560. The number of hydrogen-bond donors (Lipinski definition) is 1. The fourth-order valence-corrected chi connectivity index (χ4v) is 5.61. The predicted molar refractivity (Wildman–Crippen MR) is 86.0 cm³/mol. The van der Waals surface area contributed by atoms with Crippen LogP contribution >= 0.6 is 0 Å². The van der Waals surface area contributed by atoms with Crippen LogP contribution in [0.15, 0.2) is 18.2 Å². The van der Waals surface area contributed by atoms with Crippen molar-refractivity contribution in [2.45, 2.75) is 56.4 Å². The summed E-state index contributed by atoms with van der Waals surface area (Å²) in [6, 6.07) is 6.59. The van der Waals surface area contributed by atoms with Gasteiger partial charge in [0.1, 0.15) is 5.75 Å². The quantitative estimate of drug-likeness (QED) is 0.918. The van der Waals surface area contributed by atoms with Crippen LogP contribution in [-0.2, 0) is 11.8 Å². The maximum absolute atomic E-state index is 12.6. The van der Waals surface area contributed by atoms with Crippen molar-refractivity contribution in [3.05, 3.63) is 29.3 Å². The lowest BCUT2D eigenvalue weighted by atomic mass is 9.52. The van der Waals surface area contributed by atoms with Crippen LogP contribution in [0.2, 0.25) is 0 Å². The number of rotatable bonds is 3. The maximum atomic E-state index is 12.6. The number of hydrogen-bond acceptors (Lipinski definition) is 2. The predicted octanol–water partition coefficient (Wildman–Crippen LogP) is 3.81. The molecule has 0 amide bonds. The molecule has 1 heterocycles. The Morgan fingerprint density at radius 2 is 2.18 bits per heavy atom. The summed E-state index contributed by atoms with van der Waals surface area (Å²) in [5, 5.41) is 9.99. The first-order valence-electron chi connectivity index (χ1n) is 8.87. The summed E-state index contributed by atoms with van der Waals surface area (Å²) in [5.74, 6) is 1.11. The molecule has 1 saturated carbocycles. The first kappa shape index (κ1) is 14.5. The minimum Gasteiger partial charge on any atom is -0.508 e. The molecule has 2 bridgehead atoms. The fraction of sp³-hybridized carbons (Fsp3) is 0.684. The molecule has 3 heteroatoms. The minimum atomic E-state index is -0.205. The van der Waals surface area contributed by atoms with E-state index in [1.807, 2.05) is 12.1 Å². The number of nitrogens with zero attached hydrogens (tertiary/aromatic N) is 1. The van der Waals surface area contributed by atoms with E-state index >= 15 is 0 Å². The van der Waals surface area contributed by atoms with E-state index in [1.54, 1.807) is 0 Å². The smallest absolute Gasteiger partial charge is 0.115 e. The fourth-order valence-electron chi connectivity index (χ4n) is 5.61. The third kappa shape index (κ3) is 2.09. The van der Waals surface area contributed by atoms with Gasteiger partial charge in [0.2, 0.25) is 0 Å². The normalized spacial score (nSPS) is 34.0. The number of alkyl halides is 1. The number of benzene rings is 1. The van der Waals surface area contributed by atoms with Crippen LogP contribution in [0.25, 0.3) is 0 Å². The zero-order chi connectivity index (χ0) is 15.2. The van der Waals surface area contributed by atoms with Crippen molar-refractivity contribution < 1.29 is 9.50 Å². The third-order valence-electron chi connectivity index (χ3n) is 6.51. The molecule has 1 aromatic carbocycles. The average molecular weight is 303 g/mol. The average Bonchev–Trinajstić information content (AvgIpc) is 2.55. The molecule has 1 saturated heterocycles. The van der Waals surface area contributed by atoms with Gasteiger partial charge in [-0.05, 0) is 67.8 Å². The van der Waals surface area contributed by atoms with Crippen LogP contribution in [0.5, 0.6) is 5.75 Å². The van der Waals surface area contributed by atoms with E-state index in [1.165, 1.54) is 43.2 Å². The van der Waals surface area contributed by atoms with E-state index in [-0.39, 0.29) is 12.1 Å². The second-order valence-electron chi connectivity index (χ2n) is 7.45. The van der Waals surface area contributed by atoms with Gasteiger partial charge >= 0.3 is 0 Å². The third-order valence-corrected chi connectivity index (χ3v) is 6.51. The van der Waals surface area contributed by atoms with E-state index in [0.717, 1.165) is 19.5 Å². The van der Waals surface area contributed by atoms with Crippen molar-refractivity contribution in [1.29, 1.82) is 0 Å². The van der Waals surface area contributed by atoms with Gasteiger partial charge in [0.15, 0.2) is 0 Å². The highest BCUT2D eigenvalue weighted by Crippen LogP contribution is 2.56. The molecule has 3 aliphatic rings. The number of phenolic OH excluding ortho intramolecular Hbond substituents is 1. The van der Waals surface area contributed by atoms with Crippen LogP contribution < -0.4 is 0 Å². The van der Waals surface area contributed by atoms with E-state index in [2.05, 4.69) is 11.0 Å². The highest BCUT2D eigenvalue weighted by Gasteiger charge is 2.53.